The number of rotatable bonds is 5. The van der Waals surface area contributed by atoms with Crippen LogP contribution in [0.25, 0.3) is 6.08 Å². The quantitative estimate of drug-likeness (QED) is 0.311. The first-order valence-corrected chi connectivity index (χ1v) is 11.9. The zero-order chi connectivity index (χ0) is 25.3. The van der Waals surface area contributed by atoms with E-state index in [-0.39, 0.29) is 5.57 Å². The fourth-order valence-electron chi connectivity index (χ4n) is 3.90. The number of barbiturate groups is 1. The summed E-state index contributed by atoms with van der Waals surface area (Å²) in [6.07, 6.45) is 1.98. The van der Waals surface area contributed by atoms with E-state index in [9.17, 15) is 14.4 Å². The second-order valence-electron chi connectivity index (χ2n) is 8.20. The van der Waals surface area contributed by atoms with Gasteiger partial charge in [-0.1, -0.05) is 57.9 Å². The van der Waals surface area contributed by atoms with Crippen molar-refractivity contribution in [1.29, 1.82) is 0 Å². The molecule has 1 N–H and O–H groups in total. The molecule has 1 fully saturated rings. The van der Waals surface area contributed by atoms with Gasteiger partial charge in [0.25, 0.3) is 11.8 Å². The molecule has 0 saturated carbocycles. The molecule has 3 aromatic rings. The Kier molecular flexibility index (Phi) is 7.10. The van der Waals surface area contributed by atoms with E-state index in [1.807, 2.05) is 43.3 Å². The van der Waals surface area contributed by atoms with E-state index < -0.39 is 17.8 Å². The predicted octanol–water partition coefficient (Wildman–Crippen LogP) is 5.99. The van der Waals surface area contributed by atoms with Crippen molar-refractivity contribution in [2.45, 2.75) is 20.3 Å². The van der Waals surface area contributed by atoms with Crippen molar-refractivity contribution in [2.24, 2.45) is 0 Å². The number of nitrogens with zero attached hydrogens (tertiary/aromatic N) is 1. The number of anilines is 1. The lowest BCUT2D eigenvalue weighted by atomic mass is 10.00. The highest BCUT2D eigenvalue weighted by atomic mass is 79.9. The molecule has 0 atom stereocenters. The first kappa shape index (κ1) is 24.7. The average molecular weight is 554 g/mol. The summed E-state index contributed by atoms with van der Waals surface area (Å²) < 4.78 is 6.34. The van der Waals surface area contributed by atoms with Crippen LogP contribution in [0, 0.1) is 13.8 Å². The third-order valence-corrected chi connectivity index (χ3v) is 6.82. The Morgan fingerprint density at radius 1 is 1.06 bits per heavy atom. The third-order valence-electron chi connectivity index (χ3n) is 5.74. The Morgan fingerprint density at radius 3 is 2.51 bits per heavy atom. The molecule has 0 aliphatic carbocycles. The van der Waals surface area contributed by atoms with Crippen molar-refractivity contribution in [1.82, 2.24) is 5.32 Å². The van der Waals surface area contributed by atoms with Crippen LogP contribution < -0.4 is 15.0 Å². The maximum atomic E-state index is 13.3. The van der Waals surface area contributed by atoms with Crippen LogP contribution in [0.1, 0.15) is 27.8 Å². The van der Waals surface area contributed by atoms with Crippen molar-refractivity contribution < 1.29 is 19.1 Å². The summed E-state index contributed by atoms with van der Waals surface area (Å²) in [5.41, 5.74) is 4.26. The first-order chi connectivity index (χ1) is 16.7. The Bertz CT molecular complexity index is 1400. The summed E-state index contributed by atoms with van der Waals surface area (Å²) in [5.74, 6) is -0.878. The van der Waals surface area contributed by atoms with Gasteiger partial charge in [-0.2, -0.15) is 0 Å². The number of nitrogens with one attached hydrogen (secondary N) is 1. The van der Waals surface area contributed by atoms with Crippen LogP contribution in [0.5, 0.6) is 5.75 Å². The minimum atomic E-state index is -0.778. The summed E-state index contributed by atoms with van der Waals surface area (Å²) in [4.78, 5) is 39.5. The highest BCUT2D eigenvalue weighted by Gasteiger charge is 2.37. The van der Waals surface area contributed by atoms with Gasteiger partial charge in [-0.15, -0.1) is 0 Å². The number of halogens is 2. The Labute approximate surface area is 216 Å². The van der Waals surface area contributed by atoms with Crippen LogP contribution in [-0.2, 0) is 16.0 Å². The number of carbonyl (C=O) groups is 3. The third kappa shape index (κ3) is 5.01. The molecule has 4 rings (SSSR count). The zero-order valence-electron chi connectivity index (χ0n) is 19.3. The van der Waals surface area contributed by atoms with Crippen LogP contribution >= 0.6 is 27.5 Å². The van der Waals surface area contributed by atoms with Crippen molar-refractivity contribution in [3.63, 3.8) is 0 Å². The SMILES string of the molecule is COc1cc(/C=C2\C(=O)NC(=O)N(c3cc(C)ccc3C)C2=O)cc(Br)c1Cc1ccccc1Cl. The minimum Gasteiger partial charge on any atom is -0.496 e. The summed E-state index contributed by atoms with van der Waals surface area (Å²) in [5, 5.41) is 2.92. The molecule has 0 aromatic heterocycles. The number of hydrogen-bond acceptors (Lipinski definition) is 4. The monoisotopic (exact) mass is 552 g/mol. The van der Waals surface area contributed by atoms with Gasteiger partial charge in [-0.3, -0.25) is 14.9 Å². The predicted molar refractivity (Wildman–Crippen MR) is 140 cm³/mol. The van der Waals surface area contributed by atoms with Crippen LogP contribution in [0.15, 0.2) is 64.6 Å². The van der Waals surface area contributed by atoms with Gasteiger partial charge < -0.3 is 4.74 Å². The second-order valence-corrected chi connectivity index (χ2v) is 9.46. The lowest BCUT2D eigenvalue weighted by Crippen LogP contribution is -2.54. The van der Waals surface area contributed by atoms with Gasteiger partial charge in [0.1, 0.15) is 11.3 Å². The van der Waals surface area contributed by atoms with Crippen LogP contribution in [0.3, 0.4) is 0 Å². The van der Waals surface area contributed by atoms with E-state index in [2.05, 4.69) is 21.2 Å². The summed E-state index contributed by atoms with van der Waals surface area (Å²) in [6.45, 7) is 3.67. The van der Waals surface area contributed by atoms with E-state index in [4.69, 9.17) is 16.3 Å². The van der Waals surface area contributed by atoms with Crippen LogP contribution in [-0.4, -0.2) is 25.0 Å². The van der Waals surface area contributed by atoms with Gasteiger partial charge in [-0.05, 0) is 66.4 Å². The maximum absolute atomic E-state index is 13.3. The molecule has 0 radical (unpaired) electrons. The van der Waals surface area contributed by atoms with Gasteiger partial charge in [0, 0.05) is 21.5 Å². The Hall–Kier alpha value is -3.42. The fourth-order valence-corrected chi connectivity index (χ4v) is 4.71. The van der Waals surface area contributed by atoms with Gasteiger partial charge >= 0.3 is 6.03 Å². The van der Waals surface area contributed by atoms with E-state index in [1.165, 1.54) is 6.08 Å². The molecular formula is C27H22BrClN2O4. The molecule has 35 heavy (non-hydrogen) atoms. The number of hydrogen-bond donors (Lipinski definition) is 1. The van der Waals surface area contributed by atoms with Crippen molar-refractivity contribution in [3.05, 3.63) is 97.5 Å². The molecule has 0 unspecified atom stereocenters. The lowest BCUT2D eigenvalue weighted by Gasteiger charge is -2.28. The number of benzene rings is 3. The van der Waals surface area contributed by atoms with Crippen molar-refractivity contribution in [2.75, 3.05) is 12.0 Å². The molecule has 0 bridgehead atoms. The molecule has 8 heteroatoms. The molecule has 1 aliphatic heterocycles. The standard InChI is InChI=1S/C27H22BrClN2O4/c1-15-8-9-16(2)23(10-15)31-26(33)20(25(32)30-27(31)34)11-17-12-21(28)19(24(13-17)35-3)14-18-6-4-5-7-22(18)29/h4-13H,14H2,1-3H3,(H,30,32,34)/b20-11+. The van der Waals surface area contributed by atoms with E-state index in [1.54, 1.807) is 32.2 Å². The number of carbonyl (C=O) groups excluding carboxylic acids is 3. The van der Waals surface area contributed by atoms with Gasteiger partial charge in [0.05, 0.1) is 12.8 Å². The second kappa shape index (κ2) is 10.1. The number of urea groups is 1. The van der Waals surface area contributed by atoms with Crippen LogP contribution in [0.2, 0.25) is 5.02 Å². The summed E-state index contributed by atoms with van der Waals surface area (Å²) in [7, 11) is 1.55. The highest BCUT2D eigenvalue weighted by Crippen LogP contribution is 2.34. The number of aryl methyl sites for hydroxylation is 2. The minimum absolute atomic E-state index is 0.154. The fraction of sp³-hybridized carbons (Fsp3) is 0.148. The molecule has 3 aromatic carbocycles. The van der Waals surface area contributed by atoms with E-state index in [0.717, 1.165) is 31.6 Å². The number of ether oxygens (including phenoxy) is 1. The maximum Gasteiger partial charge on any atom is 0.335 e. The largest absolute Gasteiger partial charge is 0.496 e. The Balaban J connectivity index is 1.73. The van der Waals surface area contributed by atoms with Crippen LogP contribution in [0.4, 0.5) is 10.5 Å². The number of imide groups is 2. The highest BCUT2D eigenvalue weighted by molar-refractivity contribution is 9.10. The lowest BCUT2D eigenvalue weighted by molar-refractivity contribution is -0.122. The molecule has 1 aliphatic rings. The molecule has 6 nitrogen and oxygen atoms in total. The molecule has 0 spiro atoms. The van der Waals surface area contributed by atoms with E-state index in [0.29, 0.717) is 28.4 Å². The number of methoxy groups -OCH3 is 1. The summed E-state index contributed by atoms with van der Waals surface area (Å²) in [6, 6.07) is 15.8. The first-order valence-electron chi connectivity index (χ1n) is 10.8. The molecule has 4 amide bonds. The molecule has 1 saturated heterocycles. The smallest absolute Gasteiger partial charge is 0.335 e. The van der Waals surface area contributed by atoms with E-state index >= 15 is 0 Å². The van der Waals surface area contributed by atoms with Gasteiger partial charge in [0.15, 0.2) is 0 Å². The molecular weight excluding hydrogens is 532 g/mol. The zero-order valence-corrected chi connectivity index (χ0v) is 21.7. The summed E-state index contributed by atoms with van der Waals surface area (Å²) >= 11 is 9.92. The molecule has 1 heterocycles. The number of amides is 4. The van der Waals surface area contributed by atoms with Gasteiger partial charge in [-0.25, -0.2) is 9.69 Å². The Morgan fingerprint density at radius 2 is 1.80 bits per heavy atom. The molecule has 178 valence electrons. The van der Waals surface area contributed by atoms with Crippen molar-refractivity contribution in [3.8, 4) is 5.75 Å². The topological polar surface area (TPSA) is 75.7 Å². The van der Waals surface area contributed by atoms with Gasteiger partial charge in [0.2, 0.25) is 0 Å². The average Bonchev–Trinajstić information content (AvgIpc) is 2.81. The van der Waals surface area contributed by atoms with Crippen molar-refractivity contribution >= 4 is 57.1 Å². The normalized spacial score (nSPS) is 14.9.